The van der Waals surface area contributed by atoms with Crippen LogP contribution in [0.4, 0.5) is 0 Å². The monoisotopic (exact) mass is 286 g/mol. The van der Waals surface area contributed by atoms with Crippen molar-refractivity contribution >= 4 is 27.6 Å². The normalized spacial score (nSPS) is 11.2. The third-order valence-corrected chi connectivity index (χ3v) is 3.08. The lowest BCUT2D eigenvalue weighted by Gasteiger charge is -2.01. The Hall–Kier alpha value is -1.79. The molecule has 1 heterocycles. The summed E-state index contributed by atoms with van der Waals surface area (Å²) in [5.74, 6) is 0. The van der Waals surface area contributed by atoms with E-state index < -0.39 is 0 Å². The second kappa shape index (κ2) is 5.03. The second-order valence-electron chi connectivity index (χ2n) is 3.72. The number of nitrogens with zero attached hydrogens (tertiary/aromatic N) is 2. The van der Waals surface area contributed by atoms with Gasteiger partial charge in [0.15, 0.2) is 0 Å². The maximum atomic E-state index is 9.20. The molecule has 17 heavy (non-hydrogen) atoms. The molecular formula is C14H11BrN2. The predicted molar refractivity (Wildman–Crippen MR) is 73.0 cm³/mol. The van der Waals surface area contributed by atoms with Crippen molar-refractivity contribution in [2.24, 2.45) is 7.05 Å². The molecule has 0 saturated carbocycles. The van der Waals surface area contributed by atoms with Crippen molar-refractivity contribution in [2.45, 2.75) is 0 Å². The average molecular weight is 287 g/mol. The quantitative estimate of drug-likeness (QED) is 0.771. The number of rotatable bonds is 2. The van der Waals surface area contributed by atoms with Crippen LogP contribution in [0.1, 0.15) is 11.3 Å². The first kappa shape index (κ1) is 11.7. The van der Waals surface area contributed by atoms with E-state index in [4.69, 9.17) is 0 Å². The largest absolute Gasteiger partial charge is 0.351 e. The molecule has 0 bridgehead atoms. The number of allylic oxidation sites excluding steroid dienone is 1. The first-order chi connectivity index (χ1) is 8.20. The highest BCUT2D eigenvalue weighted by Gasteiger charge is 2.02. The Morgan fingerprint density at radius 2 is 2.00 bits per heavy atom. The van der Waals surface area contributed by atoms with Gasteiger partial charge in [-0.05, 0) is 35.9 Å². The van der Waals surface area contributed by atoms with Gasteiger partial charge in [0.05, 0.1) is 11.6 Å². The van der Waals surface area contributed by atoms with Gasteiger partial charge < -0.3 is 4.57 Å². The molecule has 0 unspecified atom stereocenters. The van der Waals surface area contributed by atoms with E-state index in [1.165, 1.54) is 0 Å². The fraction of sp³-hybridized carbons (Fsp3) is 0.0714. The van der Waals surface area contributed by atoms with E-state index in [1.807, 2.05) is 60.3 Å². The van der Waals surface area contributed by atoms with Crippen LogP contribution in [0.3, 0.4) is 0 Å². The highest BCUT2D eigenvalue weighted by molar-refractivity contribution is 9.10. The summed E-state index contributed by atoms with van der Waals surface area (Å²) in [5, 5.41) is 9.20. The van der Waals surface area contributed by atoms with Gasteiger partial charge in [-0.3, -0.25) is 0 Å². The fourth-order valence-corrected chi connectivity index (χ4v) is 1.85. The summed E-state index contributed by atoms with van der Waals surface area (Å²) < 4.78 is 2.99. The molecule has 2 nitrogen and oxygen atoms in total. The highest BCUT2D eigenvalue weighted by atomic mass is 79.9. The van der Waals surface area contributed by atoms with E-state index in [2.05, 4.69) is 22.0 Å². The minimum Gasteiger partial charge on any atom is -0.351 e. The van der Waals surface area contributed by atoms with Crippen molar-refractivity contribution in [2.75, 3.05) is 0 Å². The third kappa shape index (κ3) is 2.66. The third-order valence-electron chi connectivity index (χ3n) is 2.55. The zero-order chi connectivity index (χ0) is 12.3. The molecule has 0 N–H and O–H groups in total. The van der Waals surface area contributed by atoms with Gasteiger partial charge in [-0.1, -0.05) is 28.1 Å². The molecule has 84 valence electrons. The van der Waals surface area contributed by atoms with Gasteiger partial charge >= 0.3 is 0 Å². The lowest BCUT2D eigenvalue weighted by molar-refractivity contribution is 0.915. The standard InChI is InChI=1S/C14H11BrN2/c1-17-8-2-3-14(17)9-12(10-16)11-4-6-13(15)7-5-11/h2-9H,1H3/b12-9-. The van der Waals surface area contributed by atoms with Crippen LogP contribution in [-0.2, 0) is 7.05 Å². The Morgan fingerprint density at radius 3 is 2.53 bits per heavy atom. The zero-order valence-electron chi connectivity index (χ0n) is 9.39. The van der Waals surface area contributed by atoms with Gasteiger partial charge in [-0.25, -0.2) is 0 Å². The van der Waals surface area contributed by atoms with E-state index >= 15 is 0 Å². The van der Waals surface area contributed by atoms with Crippen molar-refractivity contribution in [1.29, 1.82) is 5.26 Å². The number of nitriles is 1. The summed E-state index contributed by atoms with van der Waals surface area (Å²) in [5.41, 5.74) is 2.61. The van der Waals surface area contributed by atoms with E-state index in [9.17, 15) is 5.26 Å². The van der Waals surface area contributed by atoms with Gasteiger partial charge in [0.2, 0.25) is 0 Å². The van der Waals surface area contributed by atoms with Crippen molar-refractivity contribution in [3.8, 4) is 6.07 Å². The Morgan fingerprint density at radius 1 is 1.29 bits per heavy atom. The van der Waals surface area contributed by atoms with Crippen LogP contribution in [-0.4, -0.2) is 4.57 Å². The minimum absolute atomic E-state index is 0.666. The molecule has 0 atom stereocenters. The Kier molecular flexibility index (Phi) is 3.46. The first-order valence-corrected chi connectivity index (χ1v) is 5.99. The molecule has 0 aliphatic carbocycles. The molecule has 0 spiro atoms. The summed E-state index contributed by atoms with van der Waals surface area (Å²) in [6.07, 6.45) is 3.85. The minimum atomic E-state index is 0.666. The zero-order valence-corrected chi connectivity index (χ0v) is 11.0. The molecule has 0 aliphatic rings. The number of hydrogen-bond acceptors (Lipinski definition) is 1. The Labute approximate surface area is 109 Å². The summed E-state index contributed by atoms with van der Waals surface area (Å²) in [6.45, 7) is 0. The van der Waals surface area contributed by atoms with Crippen molar-refractivity contribution in [1.82, 2.24) is 4.57 Å². The van der Waals surface area contributed by atoms with E-state index in [0.717, 1.165) is 15.7 Å². The SMILES string of the molecule is Cn1cccc1/C=C(/C#N)c1ccc(Br)cc1. The van der Waals surface area contributed by atoms with Crippen molar-refractivity contribution in [3.05, 3.63) is 58.3 Å². The van der Waals surface area contributed by atoms with E-state index in [0.29, 0.717) is 5.57 Å². The molecule has 0 amide bonds. The molecule has 0 fully saturated rings. The smallest absolute Gasteiger partial charge is 0.0998 e. The van der Waals surface area contributed by atoms with Gasteiger partial charge in [0, 0.05) is 23.4 Å². The summed E-state index contributed by atoms with van der Waals surface area (Å²) in [4.78, 5) is 0. The molecule has 0 aliphatic heterocycles. The lowest BCUT2D eigenvalue weighted by atomic mass is 10.1. The molecule has 0 saturated heterocycles. The predicted octanol–water partition coefficient (Wildman–Crippen LogP) is 3.85. The van der Waals surface area contributed by atoms with E-state index in [-0.39, 0.29) is 0 Å². The van der Waals surface area contributed by atoms with Crippen LogP contribution in [0.25, 0.3) is 11.6 Å². The molecule has 1 aromatic heterocycles. The molecule has 3 heteroatoms. The summed E-state index contributed by atoms with van der Waals surface area (Å²) in [6, 6.07) is 13.9. The lowest BCUT2D eigenvalue weighted by Crippen LogP contribution is -1.89. The number of halogens is 1. The van der Waals surface area contributed by atoms with Crippen LogP contribution < -0.4 is 0 Å². The summed E-state index contributed by atoms with van der Waals surface area (Å²) in [7, 11) is 1.96. The molecule has 0 radical (unpaired) electrons. The van der Waals surface area contributed by atoms with Crippen LogP contribution in [0, 0.1) is 11.3 Å². The van der Waals surface area contributed by atoms with Crippen LogP contribution in [0.15, 0.2) is 47.1 Å². The average Bonchev–Trinajstić information content (AvgIpc) is 2.73. The molecule has 1 aromatic carbocycles. The topological polar surface area (TPSA) is 28.7 Å². The first-order valence-electron chi connectivity index (χ1n) is 5.20. The number of aromatic nitrogens is 1. The summed E-state index contributed by atoms with van der Waals surface area (Å²) >= 11 is 3.38. The van der Waals surface area contributed by atoms with Gasteiger partial charge in [0.1, 0.15) is 0 Å². The van der Waals surface area contributed by atoms with E-state index in [1.54, 1.807) is 0 Å². The van der Waals surface area contributed by atoms with Crippen LogP contribution in [0.2, 0.25) is 0 Å². The van der Waals surface area contributed by atoms with Gasteiger partial charge in [-0.2, -0.15) is 5.26 Å². The van der Waals surface area contributed by atoms with Gasteiger partial charge in [-0.15, -0.1) is 0 Å². The highest BCUT2D eigenvalue weighted by Crippen LogP contribution is 2.20. The number of aryl methyl sites for hydroxylation is 1. The number of hydrogen-bond donors (Lipinski definition) is 0. The van der Waals surface area contributed by atoms with Crippen molar-refractivity contribution in [3.63, 3.8) is 0 Å². The fourth-order valence-electron chi connectivity index (χ4n) is 1.58. The van der Waals surface area contributed by atoms with Gasteiger partial charge in [0.25, 0.3) is 0 Å². The second-order valence-corrected chi connectivity index (χ2v) is 4.64. The Balaban J connectivity index is 2.41. The van der Waals surface area contributed by atoms with Crippen LogP contribution >= 0.6 is 15.9 Å². The molecular weight excluding hydrogens is 276 g/mol. The Bertz CT molecular complexity index is 585. The molecule has 2 rings (SSSR count). The maximum Gasteiger partial charge on any atom is 0.0998 e. The van der Waals surface area contributed by atoms with Crippen LogP contribution in [0.5, 0.6) is 0 Å². The maximum absolute atomic E-state index is 9.20. The number of benzene rings is 1. The van der Waals surface area contributed by atoms with Crippen molar-refractivity contribution < 1.29 is 0 Å². The molecule has 2 aromatic rings.